The number of benzene rings is 2. The quantitative estimate of drug-likeness (QED) is 0.434. The third-order valence-electron chi connectivity index (χ3n) is 4.51. The van der Waals surface area contributed by atoms with Crippen LogP contribution in [0.1, 0.15) is 11.1 Å². The Morgan fingerprint density at radius 1 is 0.812 bits per heavy atom. The van der Waals surface area contributed by atoms with Gasteiger partial charge in [-0.05, 0) is 13.8 Å². The van der Waals surface area contributed by atoms with Crippen LogP contribution in [-0.2, 0) is 14.8 Å². The van der Waals surface area contributed by atoms with Crippen LogP contribution >= 0.6 is 0 Å². The average Bonchev–Trinajstić information content (AvgIpc) is 3.38. The van der Waals surface area contributed by atoms with Crippen molar-refractivity contribution in [2.45, 2.75) is 13.8 Å². The highest BCUT2D eigenvalue weighted by Crippen LogP contribution is 2.22. The summed E-state index contributed by atoms with van der Waals surface area (Å²) in [4.78, 5) is 20.5. The molecule has 32 heavy (non-hydrogen) atoms. The molecule has 9 nitrogen and oxygen atoms in total. The van der Waals surface area contributed by atoms with Crippen LogP contribution in [0.15, 0.2) is 69.9 Å². The van der Waals surface area contributed by atoms with Crippen molar-refractivity contribution in [3.05, 3.63) is 72.2 Å². The normalized spacial score (nSPS) is 11.3. The molecule has 1 amide bonds. The number of rotatable bonds is 7. The zero-order valence-corrected chi connectivity index (χ0v) is 18.1. The Hall–Kier alpha value is -3.92. The molecule has 0 spiro atoms. The van der Waals surface area contributed by atoms with E-state index in [9.17, 15) is 13.2 Å². The lowest BCUT2D eigenvalue weighted by atomic mass is 10.1. The molecule has 2 N–H and O–H groups in total. The molecule has 0 radical (unpaired) electrons. The summed E-state index contributed by atoms with van der Waals surface area (Å²) in [6, 6.07) is 14.8. The van der Waals surface area contributed by atoms with Crippen LogP contribution in [0.5, 0.6) is 0 Å². The summed E-state index contributed by atoms with van der Waals surface area (Å²) in [5.41, 5.74) is 4.75. The van der Waals surface area contributed by atoms with E-state index in [2.05, 4.69) is 20.0 Å². The molecule has 0 aliphatic heterocycles. The van der Waals surface area contributed by atoms with Crippen LogP contribution in [0.2, 0.25) is 0 Å². The van der Waals surface area contributed by atoms with Gasteiger partial charge < -0.3 is 8.83 Å². The lowest BCUT2D eigenvalue weighted by molar-refractivity contribution is -0.114. The molecular formula is C22H20N4O5S. The largest absolute Gasteiger partial charge is 0.431 e. The first-order valence-corrected chi connectivity index (χ1v) is 11.3. The average molecular weight is 452 g/mol. The maximum atomic E-state index is 12.3. The second kappa shape index (κ2) is 8.67. The highest BCUT2D eigenvalue weighted by molar-refractivity contribution is 7.93. The minimum absolute atomic E-state index is 0.0986. The van der Waals surface area contributed by atoms with Gasteiger partial charge in [0.2, 0.25) is 15.9 Å². The summed E-state index contributed by atoms with van der Waals surface area (Å²) in [7, 11) is -4.07. The minimum atomic E-state index is -4.07. The first-order chi connectivity index (χ1) is 15.3. The van der Waals surface area contributed by atoms with E-state index in [1.54, 1.807) is 0 Å². The second-order valence-corrected chi connectivity index (χ2v) is 8.94. The van der Waals surface area contributed by atoms with Gasteiger partial charge in [-0.15, -0.1) is 0 Å². The van der Waals surface area contributed by atoms with Crippen molar-refractivity contribution >= 4 is 28.0 Å². The fourth-order valence-corrected chi connectivity index (χ4v) is 3.71. The fraction of sp³-hybridized carbons (Fsp3) is 0.136. The molecular weight excluding hydrogens is 432 g/mol. The highest BCUT2D eigenvalue weighted by atomic mass is 32.2. The maximum absolute atomic E-state index is 12.3. The molecule has 4 rings (SSSR count). The second-order valence-electron chi connectivity index (χ2n) is 7.22. The summed E-state index contributed by atoms with van der Waals surface area (Å²) >= 11 is 0. The van der Waals surface area contributed by atoms with E-state index >= 15 is 0 Å². The van der Waals surface area contributed by atoms with Crippen LogP contribution in [-0.4, -0.2) is 30.0 Å². The zero-order valence-electron chi connectivity index (χ0n) is 17.3. The van der Waals surface area contributed by atoms with Crippen LogP contribution in [0.25, 0.3) is 22.5 Å². The molecule has 2 aromatic heterocycles. The monoisotopic (exact) mass is 452 g/mol. The summed E-state index contributed by atoms with van der Waals surface area (Å²) in [6.07, 6.45) is 2.72. The van der Waals surface area contributed by atoms with Gasteiger partial charge in [-0.1, -0.05) is 59.7 Å². The van der Waals surface area contributed by atoms with Gasteiger partial charge in [0.15, 0.2) is 0 Å². The molecule has 0 bridgehead atoms. The Morgan fingerprint density at radius 3 is 1.81 bits per heavy atom. The van der Waals surface area contributed by atoms with Crippen molar-refractivity contribution in [2.75, 3.05) is 15.8 Å². The number of sulfonamides is 1. The van der Waals surface area contributed by atoms with Crippen molar-refractivity contribution in [1.29, 1.82) is 0 Å². The Bertz CT molecular complexity index is 1340. The summed E-state index contributed by atoms with van der Waals surface area (Å²) in [6.45, 7) is 3.92. The van der Waals surface area contributed by atoms with E-state index in [0.29, 0.717) is 11.4 Å². The molecule has 4 aromatic rings. The third kappa shape index (κ3) is 5.22. The van der Waals surface area contributed by atoms with Crippen molar-refractivity contribution in [2.24, 2.45) is 0 Å². The fourth-order valence-electron chi connectivity index (χ4n) is 2.86. The van der Waals surface area contributed by atoms with Gasteiger partial charge in [0.25, 0.3) is 0 Å². The summed E-state index contributed by atoms with van der Waals surface area (Å²) < 4.78 is 37.2. The maximum Gasteiger partial charge on any atom is 0.309 e. The van der Waals surface area contributed by atoms with E-state index in [1.807, 2.05) is 62.4 Å². The highest BCUT2D eigenvalue weighted by Gasteiger charge is 2.21. The van der Waals surface area contributed by atoms with Crippen LogP contribution < -0.4 is 10.0 Å². The number of carbonyl (C=O) groups is 1. The molecule has 0 unspecified atom stereocenters. The number of carbonyl (C=O) groups excluding carboxylic acids is 1. The molecule has 0 atom stereocenters. The predicted octanol–water partition coefficient (Wildman–Crippen LogP) is 3.99. The number of hydrogen-bond donors (Lipinski definition) is 2. The van der Waals surface area contributed by atoms with Crippen molar-refractivity contribution in [3.8, 4) is 22.5 Å². The predicted molar refractivity (Wildman–Crippen MR) is 119 cm³/mol. The van der Waals surface area contributed by atoms with E-state index in [1.165, 1.54) is 12.5 Å². The summed E-state index contributed by atoms with van der Waals surface area (Å²) in [5, 5.41) is 2.33. The Kier molecular flexibility index (Phi) is 5.78. The van der Waals surface area contributed by atoms with Gasteiger partial charge in [0.05, 0.1) is 0 Å². The molecule has 0 saturated heterocycles. The number of nitrogens with one attached hydrogen (secondary N) is 2. The van der Waals surface area contributed by atoms with Crippen molar-refractivity contribution in [3.63, 3.8) is 0 Å². The van der Waals surface area contributed by atoms with Crippen LogP contribution in [0.4, 0.5) is 12.0 Å². The number of oxazole rings is 2. The van der Waals surface area contributed by atoms with E-state index in [-0.39, 0.29) is 12.0 Å². The van der Waals surface area contributed by atoms with E-state index in [0.717, 1.165) is 22.3 Å². The molecule has 0 aliphatic carbocycles. The molecule has 10 heteroatoms. The molecule has 0 fully saturated rings. The lowest BCUT2D eigenvalue weighted by Gasteiger charge is -2.03. The van der Waals surface area contributed by atoms with Gasteiger partial charge in [0.1, 0.15) is 29.7 Å². The van der Waals surface area contributed by atoms with Crippen LogP contribution in [0, 0.1) is 13.8 Å². The molecule has 0 aliphatic rings. The Labute approximate surface area is 184 Å². The van der Waals surface area contributed by atoms with Gasteiger partial charge >= 0.3 is 12.0 Å². The van der Waals surface area contributed by atoms with Crippen molar-refractivity contribution < 1.29 is 22.0 Å². The first-order valence-electron chi connectivity index (χ1n) is 9.63. The van der Waals surface area contributed by atoms with Crippen molar-refractivity contribution in [1.82, 2.24) is 9.97 Å². The molecule has 2 aromatic carbocycles. The van der Waals surface area contributed by atoms with E-state index < -0.39 is 21.7 Å². The number of aryl methyl sites for hydroxylation is 2. The van der Waals surface area contributed by atoms with E-state index in [4.69, 9.17) is 8.83 Å². The summed E-state index contributed by atoms with van der Waals surface area (Å²) in [5.74, 6) is -1.68. The smallest absolute Gasteiger partial charge is 0.309 e. The number of amides is 1. The van der Waals surface area contributed by atoms with Gasteiger partial charge in [-0.2, -0.15) is 9.97 Å². The standard InChI is InChI=1S/C22H20N4O5S/c1-14-3-7-16(8-4-14)18-11-30-21(23-18)25-20(27)13-32(28,29)26-22-24-19(12-31-22)17-9-5-15(2)6-10-17/h3-12H,13H2,1-2H3,(H,24,26)(H,23,25,27). The molecule has 164 valence electrons. The van der Waals surface area contributed by atoms with Crippen LogP contribution in [0.3, 0.4) is 0 Å². The Morgan fingerprint density at radius 2 is 1.28 bits per heavy atom. The molecule has 2 heterocycles. The number of anilines is 2. The first kappa shape index (κ1) is 21.3. The zero-order chi connectivity index (χ0) is 22.7. The third-order valence-corrected chi connectivity index (χ3v) is 5.64. The Balaban J connectivity index is 1.37. The molecule has 0 saturated carbocycles. The van der Waals surface area contributed by atoms with Gasteiger partial charge in [-0.25, -0.2) is 13.1 Å². The number of hydrogen-bond acceptors (Lipinski definition) is 7. The minimum Gasteiger partial charge on any atom is -0.431 e. The lowest BCUT2D eigenvalue weighted by Crippen LogP contribution is -2.27. The number of nitrogens with zero attached hydrogens (tertiary/aromatic N) is 2. The number of aromatic nitrogens is 2. The topological polar surface area (TPSA) is 127 Å². The SMILES string of the molecule is Cc1ccc(-c2coc(NC(=O)CS(=O)(=O)Nc3nc(-c4ccc(C)cc4)co3)n2)cc1. The van der Waals surface area contributed by atoms with Gasteiger partial charge in [-0.3, -0.25) is 10.1 Å². The van der Waals surface area contributed by atoms with Gasteiger partial charge in [0, 0.05) is 11.1 Å².